The Balaban J connectivity index is 1.30. The summed E-state index contributed by atoms with van der Waals surface area (Å²) in [5.74, 6) is 2.11. The van der Waals surface area contributed by atoms with Crippen LogP contribution in [0, 0.1) is 5.92 Å². The van der Waals surface area contributed by atoms with Crippen molar-refractivity contribution in [3.8, 4) is 11.5 Å². The first-order valence-electron chi connectivity index (χ1n) is 13.1. The van der Waals surface area contributed by atoms with E-state index in [1.54, 1.807) is 19.2 Å². The van der Waals surface area contributed by atoms with Gasteiger partial charge in [-0.25, -0.2) is 5.01 Å². The second kappa shape index (κ2) is 11.6. The molecule has 192 valence electrons. The number of likely N-dealkylation sites (tertiary alicyclic amines) is 1. The minimum Gasteiger partial charge on any atom is -0.497 e. The zero-order valence-corrected chi connectivity index (χ0v) is 21.7. The number of piperidine rings is 1. The summed E-state index contributed by atoms with van der Waals surface area (Å²) in [4.78, 5) is 16.0. The highest BCUT2D eigenvalue weighted by Crippen LogP contribution is 2.39. The van der Waals surface area contributed by atoms with Crippen molar-refractivity contribution in [3.05, 3.63) is 95.6 Å². The Morgan fingerprint density at radius 1 is 0.919 bits per heavy atom. The average Bonchev–Trinajstić information content (AvgIpc) is 3.40. The number of carbonyl (C=O) groups is 1. The van der Waals surface area contributed by atoms with Crippen molar-refractivity contribution in [1.29, 1.82) is 0 Å². The van der Waals surface area contributed by atoms with E-state index in [0.29, 0.717) is 24.6 Å². The fourth-order valence-corrected chi connectivity index (χ4v) is 5.44. The SMILES string of the molecule is COc1ccc([C@H]2CC(c3ccccc3)=NN2C(=O)CN2CCC(Cc3ccccc3)CC2)c(OC)c1. The van der Waals surface area contributed by atoms with Crippen LogP contribution in [0.25, 0.3) is 0 Å². The lowest BCUT2D eigenvalue weighted by atomic mass is 9.90. The van der Waals surface area contributed by atoms with Gasteiger partial charge in [0.1, 0.15) is 11.5 Å². The third-order valence-corrected chi connectivity index (χ3v) is 7.51. The van der Waals surface area contributed by atoms with Gasteiger partial charge < -0.3 is 9.47 Å². The van der Waals surface area contributed by atoms with Gasteiger partial charge in [-0.15, -0.1) is 0 Å². The maximum absolute atomic E-state index is 13.7. The first-order valence-corrected chi connectivity index (χ1v) is 13.1. The topological polar surface area (TPSA) is 54.4 Å². The highest BCUT2D eigenvalue weighted by Gasteiger charge is 2.36. The maximum atomic E-state index is 13.7. The van der Waals surface area contributed by atoms with Crippen LogP contribution >= 0.6 is 0 Å². The molecule has 0 unspecified atom stereocenters. The van der Waals surface area contributed by atoms with Gasteiger partial charge in [0.05, 0.1) is 32.5 Å². The summed E-state index contributed by atoms with van der Waals surface area (Å²) in [6.07, 6.45) is 3.96. The summed E-state index contributed by atoms with van der Waals surface area (Å²) < 4.78 is 11.1. The summed E-state index contributed by atoms with van der Waals surface area (Å²) in [6.45, 7) is 2.24. The van der Waals surface area contributed by atoms with Crippen molar-refractivity contribution < 1.29 is 14.3 Å². The number of rotatable bonds is 8. The number of hydrazone groups is 1. The summed E-state index contributed by atoms with van der Waals surface area (Å²) in [6, 6.07) is 26.3. The molecule has 0 bridgehead atoms. The van der Waals surface area contributed by atoms with Crippen LogP contribution in [0.3, 0.4) is 0 Å². The minimum absolute atomic E-state index is 0.0234. The second-order valence-corrected chi connectivity index (χ2v) is 9.89. The van der Waals surface area contributed by atoms with E-state index in [0.717, 1.165) is 54.9 Å². The third kappa shape index (κ3) is 5.86. The summed E-state index contributed by atoms with van der Waals surface area (Å²) in [5.41, 5.74) is 4.29. The van der Waals surface area contributed by atoms with Gasteiger partial charge in [0.2, 0.25) is 0 Å². The summed E-state index contributed by atoms with van der Waals surface area (Å²) in [5, 5.41) is 6.54. The van der Waals surface area contributed by atoms with Crippen LogP contribution < -0.4 is 9.47 Å². The van der Waals surface area contributed by atoms with Crippen LogP contribution in [0.1, 0.15) is 42.0 Å². The van der Waals surface area contributed by atoms with Gasteiger partial charge in [-0.05, 0) is 61.5 Å². The number of benzene rings is 3. The lowest BCUT2D eigenvalue weighted by molar-refractivity contribution is -0.134. The number of hydrogen-bond donors (Lipinski definition) is 0. The van der Waals surface area contributed by atoms with E-state index in [4.69, 9.17) is 14.6 Å². The molecule has 3 aromatic rings. The largest absolute Gasteiger partial charge is 0.497 e. The lowest BCUT2D eigenvalue weighted by Gasteiger charge is -2.33. The van der Waals surface area contributed by atoms with E-state index in [2.05, 4.69) is 35.2 Å². The van der Waals surface area contributed by atoms with E-state index in [1.165, 1.54) is 5.56 Å². The molecule has 1 fully saturated rings. The molecular formula is C31H35N3O3. The Morgan fingerprint density at radius 3 is 2.30 bits per heavy atom. The molecule has 0 aliphatic carbocycles. The van der Waals surface area contributed by atoms with Crippen LogP contribution in [0.5, 0.6) is 11.5 Å². The van der Waals surface area contributed by atoms with Crippen LogP contribution in [-0.4, -0.2) is 55.4 Å². The van der Waals surface area contributed by atoms with Gasteiger partial charge in [0, 0.05) is 18.1 Å². The quantitative estimate of drug-likeness (QED) is 0.422. The van der Waals surface area contributed by atoms with E-state index in [9.17, 15) is 4.79 Å². The summed E-state index contributed by atoms with van der Waals surface area (Å²) >= 11 is 0. The molecule has 6 nitrogen and oxygen atoms in total. The number of nitrogens with zero attached hydrogens (tertiary/aromatic N) is 3. The standard InChI is InChI=1S/C31H35N3O3/c1-36-26-13-14-27(30(20-26)37-2)29-21-28(25-11-7-4-8-12-25)32-34(29)31(35)22-33-17-15-24(16-18-33)19-23-9-5-3-6-10-23/h3-14,20,24,29H,15-19,21-22H2,1-2H3/t29-/m1/s1. The molecule has 0 N–H and O–H groups in total. The highest BCUT2D eigenvalue weighted by atomic mass is 16.5. The highest BCUT2D eigenvalue weighted by molar-refractivity contribution is 6.03. The molecule has 5 rings (SSSR count). The number of amides is 1. The van der Waals surface area contributed by atoms with Gasteiger partial charge in [-0.2, -0.15) is 5.10 Å². The van der Waals surface area contributed by atoms with Crippen molar-refractivity contribution in [2.24, 2.45) is 11.0 Å². The van der Waals surface area contributed by atoms with Gasteiger partial charge in [0.15, 0.2) is 0 Å². The maximum Gasteiger partial charge on any atom is 0.257 e. The lowest BCUT2D eigenvalue weighted by Crippen LogP contribution is -2.42. The van der Waals surface area contributed by atoms with Crippen LogP contribution in [0.15, 0.2) is 84.0 Å². The van der Waals surface area contributed by atoms with E-state index < -0.39 is 0 Å². The van der Waals surface area contributed by atoms with Crippen molar-refractivity contribution >= 4 is 11.6 Å². The van der Waals surface area contributed by atoms with Crippen LogP contribution in [-0.2, 0) is 11.2 Å². The predicted molar refractivity (Wildman–Crippen MR) is 146 cm³/mol. The number of ether oxygens (including phenoxy) is 2. The minimum atomic E-state index is -0.223. The number of carbonyl (C=O) groups excluding carboxylic acids is 1. The normalized spacial score (nSPS) is 18.5. The Kier molecular flexibility index (Phi) is 7.85. The van der Waals surface area contributed by atoms with Crippen molar-refractivity contribution in [2.45, 2.75) is 31.7 Å². The van der Waals surface area contributed by atoms with Gasteiger partial charge in [0.25, 0.3) is 5.91 Å². The van der Waals surface area contributed by atoms with Crippen LogP contribution in [0.2, 0.25) is 0 Å². The first-order chi connectivity index (χ1) is 18.1. The summed E-state index contributed by atoms with van der Waals surface area (Å²) in [7, 11) is 3.29. The van der Waals surface area contributed by atoms with Crippen LogP contribution in [0.4, 0.5) is 0 Å². The molecule has 0 spiro atoms. The molecule has 6 heteroatoms. The zero-order valence-electron chi connectivity index (χ0n) is 21.7. The van der Waals surface area contributed by atoms with Gasteiger partial charge in [-0.1, -0.05) is 60.7 Å². The number of methoxy groups -OCH3 is 2. The second-order valence-electron chi connectivity index (χ2n) is 9.89. The Morgan fingerprint density at radius 2 is 1.62 bits per heavy atom. The molecule has 0 saturated carbocycles. The van der Waals surface area contributed by atoms with Gasteiger partial charge >= 0.3 is 0 Å². The molecule has 2 aliphatic rings. The number of hydrogen-bond acceptors (Lipinski definition) is 5. The molecular weight excluding hydrogens is 462 g/mol. The molecule has 0 radical (unpaired) electrons. The molecule has 37 heavy (non-hydrogen) atoms. The fourth-order valence-electron chi connectivity index (χ4n) is 5.44. The van der Waals surface area contributed by atoms with E-state index in [-0.39, 0.29) is 11.9 Å². The van der Waals surface area contributed by atoms with Crippen molar-refractivity contribution in [2.75, 3.05) is 33.9 Å². The first kappa shape index (κ1) is 25.0. The molecule has 1 atom stereocenters. The Labute approximate surface area is 219 Å². The Bertz CT molecular complexity index is 1220. The Hall–Kier alpha value is -3.64. The smallest absolute Gasteiger partial charge is 0.257 e. The molecule has 2 aliphatic heterocycles. The van der Waals surface area contributed by atoms with E-state index in [1.807, 2.05) is 48.5 Å². The molecule has 0 aromatic heterocycles. The predicted octanol–water partition coefficient (Wildman–Crippen LogP) is 5.34. The third-order valence-electron chi connectivity index (χ3n) is 7.51. The van der Waals surface area contributed by atoms with Crippen molar-refractivity contribution in [1.82, 2.24) is 9.91 Å². The average molecular weight is 498 g/mol. The monoisotopic (exact) mass is 497 g/mol. The van der Waals surface area contributed by atoms with E-state index >= 15 is 0 Å². The molecule has 1 saturated heterocycles. The fraction of sp³-hybridized carbons (Fsp3) is 0.355. The molecule has 2 heterocycles. The van der Waals surface area contributed by atoms with Crippen molar-refractivity contribution in [3.63, 3.8) is 0 Å². The molecule has 1 amide bonds. The van der Waals surface area contributed by atoms with Gasteiger partial charge in [-0.3, -0.25) is 9.69 Å². The zero-order chi connectivity index (χ0) is 25.6. The molecule has 3 aromatic carbocycles.